The molecule has 198 valence electrons. The topological polar surface area (TPSA) is 98.2 Å². The summed E-state index contributed by atoms with van der Waals surface area (Å²) in [5.74, 6) is 0.344. The van der Waals surface area contributed by atoms with Crippen molar-refractivity contribution < 1.29 is 9.90 Å². The van der Waals surface area contributed by atoms with Gasteiger partial charge in [-0.15, -0.1) is 11.3 Å². The highest BCUT2D eigenvalue weighted by atomic mass is 32.1. The largest absolute Gasteiger partial charge is 0.507 e. The van der Waals surface area contributed by atoms with Crippen LogP contribution in [0, 0.1) is 0 Å². The Morgan fingerprint density at radius 2 is 1.80 bits per heavy atom. The third kappa shape index (κ3) is 4.44. The van der Waals surface area contributed by atoms with Crippen molar-refractivity contribution in [3.8, 4) is 28.1 Å². The smallest absolute Gasteiger partial charge is 0.227 e. The molecule has 0 atom stereocenters. The molecule has 9 heteroatoms. The van der Waals surface area contributed by atoms with Crippen molar-refractivity contribution in [2.45, 2.75) is 6.42 Å². The summed E-state index contributed by atoms with van der Waals surface area (Å²) in [4.78, 5) is 33.4. The van der Waals surface area contributed by atoms with Gasteiger partial charge in [0.2, 0.25) is 5.91 Å². The number of benzene rings is 2. The quantitative estimate of drug-likeness (QED) is 0.296. The first-order chi connectivity index (χ1) is 19.6. The predicted molar refractivity (Wildman–Crippen MR) is 159 cm³/mol. The van der Waals surface area contributed by atoms with Gasteiger partial charge >= 0.3 is 0 Å². The molecule has 4 aromatic heterocycles. The van der Waals surface area contributed by atoms with Crippen LogP contribution in [-0.2, 0) is 11.2 Å². The molecule has 5 heterocycles. The Balaban J connectivity index is 1.02. The van der Waals surface area contributed by atoms with Crippen LogP contribution in [0.4, 0.5) is 5.69 Å². The number of nitrogens with one attached hydrogen (secondary N) is 1. The van der Waals surface area contributed by atoms with E-state index in [1.807, 2.05) is 65.7 Å². The monoisotopic (exact) mass is 546 g/mol. The first-order valence-electron chi connectivity index (χ1n) is 13.2. The van der Waals surface area contributed by atoms with E-state index in [0.717, 1.165) is 67.8 Å². The minimum absolute atomic E-state index is 0.128. The van der Waals surface area contributed by atoms with Crippen molar-refractivity contribution in [2.24, 2.45) is 0 Å². The first kappa shape index (κ1) is 24.3. The highest BCUT2D eigenvalue weighted by Gasteiger charge is 2.23. The second kappa shape index (κ2) is 10.1. The third-order valence-corrected chi connectivity index (χ3v) is 8.46. The lowest BCUT2D eigenvalue weighted by atomic mass is 9.98. The van der Waals surface area contributed by atoms with Gasteiger partial charge in [0.05, 0.1) is 34.2 Å². The summed E-state index contributed by atoms with van der Waals surface area (Å²) in [6.07, 6.45) is 7.32. The van der Waals surface area contributed by atoms with Gasteiger partial charge in [0.25, 0.3) is 0 Å². The molecule has 40 heavy (non-hydrogen) atoms. The van der Waals surface area contributed by atoms with E-state index < -0.39 is 0 Å². The molecule has 0 unspecified atom stereocenters. The number of para-hydroxylation sites is 1. The zero-order chi connectivity index (χ0) is 27.1. The van der Waals surface area contributed by atoms with Crippen LogP contribution >= 0.6 is 11.3 Å². The van der Waals surface area contributed by atoms with Gasteiger partial charge in [0.15, 0.2) is 0 Å². The first-order valence-corrected chi connectivity index (χ1v) is 14.1. The fourth-order valence-corrected chi connectivity index (χ4v) is 6.28. The van der Waals surface area contributed by atoms with Crippen LogP contribution in [0.5, 0.6) is 5.75 Å². The Hall–Kier alpha value is -4.76. The van der Waals surface area contributed by atoms with Gasteiger partial charge in [-0.1, -0.05) is 36.4 Å². The predicted octanol–water partition coefficient (Wildman–Crippen LogP) is 5.50. The SMILES string of the molecule is O=C(Cc1ccc(-c2cccc(-c3cc4ccncc4[nH]3)c2O)cc1)N1CCN(c2csc3cncnc23)CC1. The minimum Gasteiger partial charge on any atom is -0.507 e. The molecule has 0 radical (unpaired) electrons. The average molecular weight is 547 g/mol. The van der Waals surface area contributed by atoms with Crippen molar-refractivity contribution in [3.05, 3.63) is 90.5 Å². The van der Waals surface area contributed by atoms with Crippen LogP contribution in [0.2, 0.25) is 0 Å². The number of anilines is 1. The van der Waals surface area contributed by atoms with Crippen LogP contribution in [-0.4, -0.2) is 62.0 Å². The van der Waals surface area contributed by atoms with Crippen molar-refractivity contribution in [2.75, 3.05) is 31.1 Å². The molecule has 1 fully saturated rings. The summed E-state index contributed by atoms with van der Waals surface area (Å²) in [7, 11) is 0. The molecule has 7 rings (SSSR count). The second-order valence-corrected chi connectivity index (χ2v) is 10.9. The van der Waals surface area contributed by atoms with Gasteiger partial charge < -0.3 is 19.9 Å². The number of carbonyl (C=O) groups excluding carboxylic acids is 1. The van der Waals surface area contributed by atoms with Crippen LogP contribution < -0.4 is 4.90 Å². The number of phenols is 1. The number of H-pyrrole nitrogens is 1. The Morgan fingerprint density at radius 3 is 2.62 bits per heavy atom. The summed E-state index contributed by atoms with van der Waals surface area (Å²) < 4.78 is 1.08. The lowest BCUT2D eigenvalue weighted by Gasteiger charge is -2.35. The molecule has 1 aliphatic rings. The highest BCUT2D eigenvalue weighted by molar-refractivity contribution is 7.17. The molecule has 0 saturated carbocycles. The molecule has 2 N–H and O–H groups in total. The van der Waals surface area contributed by atoms with Gasteiger partial charge in [-0.2, -0.15) is 0 Å². The van der Waals surface area contributed by atoms with Gasteiger partial charge in [-0.25, -0.2) is 9.97 Å². The van der Waals surface area contributed by atoms with Gasteiger partial charge in [-0.05, 0) is 29.3 Å². The summed E-state index contributed by atoms with van der Waals surface area (Å²) >= 11 is 1.65. The van der Waals surface area contributed by atoms with Crippen LogP contribution in [0.1, 0.15) is 5.56 Å². The number of nitrogens with zero attached hydrogens (tertiary/aromatic N) is 5. The Morgan fingerprint density at radius 1 is 0.975 bits per heavy atom. The van der Waals surface area contributed by atoms with E-state index in [-0.39, 0.29) is 11.7 Å². The minimum atomic E-state index is 0.128. The Bertz CT molecular complexity index is 1800. The zero-order valence-electron chi connectivity index (χ0n) is 21.6. The van der Waals surface area contributed by atoms with Crippen LogP contribution in [0.25, 0.3) is 43.5 Å². The number of thiophene rings is 1. The van der Waals surface area contributed by atoms with Gasteiger partial charge in [0.1, 0.15) is 17.6 Å². The summed E-state index contributed by atoms with van der Waals surface area (Å²) in [6, 6.07) is 17.6. The van der Waals surface area contributed by atoms with Crippen molar-refractivity contribution in [1.29, 1.82) is 0 Å². The van der Waals surface area contributed by atoms with Crippen molar-refractivity contribution >= 4 is 44.1 Å². The highest BCUT2D eigenvalue weighted by Crippen LogP contribution is 2.38. The van der Waals surface area contributed by atoms with Crippen molar-refractivity contribution in [1.82, 2.24) is 24.8 Å². The van der Waals surface area contributed by atoms with E-state index in [9.17, 15) is 9.90 Å². The molecule has 0 aliphatic carbocycles. The molecule has 0 spiro atoms. The number of amides is 1. The number of fused-ring (bicyclic) bond motifs is 2. The lowest BCUT2D eigenvalue weighted by Crippen LogP contribution is -2.49. The fourth-order valence-electron chi connectivity index (χ4n) is 5.39. The zero-order valence-corrected chi connectivity index (χ0v) is 22.4. The summed E-state index contributed by atoms with van der Waals surface area (Å²) in [5.41, 5.74) is 7.19. The molecule has 1 aliphatic heterocycles. The van der Waals surface area contributed by atoms with E-state index in [0.29, 0.717) is 19.5 Å². The number of hydrogen-bond acceptors (Lipinski definition) is 7. The Labute approximate surface area is 234 Å². The molecule has 8 nitrogen and oxygen atoms in total. The number of carbonyl (C=O) groups is 1. The maximum absolute atomic E-state index is 13.1. The molecule has 1 saturated heterocycles. The van der Waals surface area contributed by atoms with Gasteiger partial charge in [-0.3, -0.25) is 9.78 Å². The number of hydrogen-bond donors (Lipinski definition) is 2. The number of aromatic hydroxyl groups is 1. The second-order valence-electron chi connectivity index (χ2n) is 9.95. The number of piperazine rings is 1. The lowest BCUT2D eigenvalue weighted by molar-refractivity contribution is -0.130. The maximum atomic E-state index is 13.1. The molecular formula is C31H26N6O2S. The number of aromatic amines is 1. The number of pyridine rings is 1. The number of phenolic OH excluding ortho intramolecular Hbond substituents is 1. The summed E-state index contributed by atoms with van der Waals surface area (Å²) in [5, 5.41) is 14.3. The fraction of sp³-hybridized carbons (Fsp3) is 0.161. The maximum Gasteiger partial charge on any atom is 0.227 e. The standard InChI is InChI=1S/C31H26N6O2S/c38-29(37-12-10-36(11-13-37)27-18-40-28-17-33-19-34-30(27)28)14-20-4-6-21(7-5-20)23-2-1-3-24(31(23)39)25-15-22-8-9-32-16-26(22)35-25/h1-9,15-19,35,39H,10-14H2. The molecule has 0 bridgehead atoms. The van der Waals surface area contributed by atoms with E-state index in [1.165, 1.54) is 0 Å². The van der Waals surface area contributed by atoms with Crippen LogP contribution in [0.15, 0.2) is 84.9 Å². The molecule has 1 amide bonds. The van der Waals surface area contributed by atoms with E-state index in [1.54, 1.807) is 30.1 Å². The normalized spacial score (nSPS) is 13.8. The average Bonchev–Trinajstić information content (AvgIpc) is 3.63. The number of aromatic nitrogens is 4. The Kier molecular flexibility index (Phi) is 6.13. The van der Waals surface area contributed by atoms with E-state index in [2.05, 4.69) is 30.2 Å². The van der Waals surface area contributed by atoms with Gasteiger partial charge in [0, 0.05) is 60.5 Å². The van der Waals surface area contributed by atoms with E-state index >= 15 is 0 Å². The molecule has 6 aromatic rings. The summed E-state index contributed by atoms with van der Waals surface area (Å²) in [6.45, 7) is 2.93. The van der Waals surface area contributed by atoms with Crippen molar-refractivity contribution in [3.63, 3.8) is 0 Å². The molecular weight excluding hydrogens is 520 g/mol. The van der Waals surface area contributed by atoms with Crippen LogP contribution in [0.3, 0.4) is 0 Å². The number of rotatable bonds is 5. The third-order valence-electron chi connectivity index (χ3n) is 7.56. The van der Waals surface area contributed by atoms with E-state index in [4.69, 9.17) is 0 Å². The molecule has 2 aromatic carbocycles.